The Labute approximate surface area is 103 Å². The van der Waals surface area contributed by atoms with Crippen molar-refractivity contribution in [3.05, 3.63) is 42.5 Å². The van der Waals surface area contributed by atoms with E-state index < -0.39 is 11.6 Å². The number of nitrogens with one attached hydrogen (secondary N) is 1. The van der Waals surface area contributed by atoms with Crippen LogP contribution in [0.4, 0.5) is 20.2 Å². The molecule has 0 spiro atoms. The number of hydrogen-bond acceptors (Lipinski definition) is 3. The molecule has 0 saturated carbocycles. The summed E-state index contributed by atoms with van der Waals surface area (Å²) in [6, 6.07) is 2.24. The Morgan fingerprint density at radius 1 is 1.44 bits per heavy atom. The first kappa shape index (κ1) is 12.3. The molecule has 96 valence electrons. The van der Waals surface area contributed by atoms with Crippen molar-refractivity contribution < 1.29 is 8.78 Å². The van der Waals surface area contributed by atoms with Gasteiger partial charge in [0, 0.05) is 25.0 Å². The molecule has 0 aliphatic carbocycles. The van der Waals surface area contributed by atoms with Crippen LogP contribution in [0.15, 0.2) is 30.9 Å². The van der Waals surface area contributed by atoms with Gasteiger partial charge < -0.3 is 15.6 Å². The van der Waals surface area contributed by atoms with E-state index in [4.69, 9.17) is 5.73 Å². The maximum atomic E-state index is 13.6. The fourth-order valence-electron chi connectivity index (χ4n) is 1.72. The molecule has 1 heterocycles. The molecule has 0 radical (unpaired) electrons. The van der Waals surface area contributed by atoms with E-state index >= 15 is 0 Å². The van der Waals surface area contributed by atoms with E-state index in [1.807, 2.05) is 11.5 Å². The lowest BCUT2D eigenvalue weighted by Gasteiger charge is -2.18. The predicted molar refractivity (Wildman–Crippen MR) is 66.1 cm³/mol. The second-order valence-corrected chi connectivity index (χ2v) is 4.13. The minimum absolute atomic E-state index is 0.00242. The fraction of sp³-hybridized carbons (Fsp3) is 0.250. The normalized spacial score (nSPS) is 12.4. The lowest BCUT2D eigenvalue weighted by atomic mass is 10.2. The minimum Gasteiger partial charge on any atom is -0.397 e. The number of imidazole rings is 1. The van der Waals surface area contributed by atoms with Crippen LogP contribution < -0.4 is 11.1 Å². The second kappa shape index (κ2) is 5.03. The molecule has 6 heteroatoms. The van der Waals surface area contributed by atoms with Gasteiger partial charge in [-0.2, -0.15) is 0 Å². The van der Waals surface area contributed by atoms with E-state index in [0.29, 0.717) is 6.54 Å². The summed E-state index contributed by atoms with van der Waals surface area (Å²) in [4.78, 5) is 3.91. The molecule has 2 aromatic rings. The van der Waals surface area contributed by atoms with Gasteiger partial charge in [-0.15, -0.1) is 0 Å². The summed E-state index contributed by atoms with van der Waals surface area (Å²) in [5.41, 5.74) is 5.81. The number of halogens is 2. The van der Waals surface area contributed by atoms with Crippen molar-refractivity contribution in [1.82, 2.24) is 9.55 Å². The van der Waals surface area contributed by atoms with E-state index in [1.54, 1.807) is 18.7 Å². The van der Waals surface area contributed by atoms with Crippen LogP contribution in [0.1, 0.15) is 6.92 Å². The molecule has 0 aliphatic heterocycles. The van der Waals surface area contributed by atoms with E-state index in [9.17, 15) is 8.78 Å². The molecule has 0 aliphatic rings. The van der Waals surface area contributed by atoms with Gasteiger partial charge in [0.05, 0.1) is 17.7 Å². The van der Waals surface area contributed by atoms with Crippen molar-refractivity contribution in [2.24, 2.45) is 0 Å². The van der Waals surface area contributed by atoms with Crippen LogP contribution in [0, 0.1) is 11.6 Å². The molecule has 4 nitrogen and oxygen atoms in total. The maximum absolute atomic E-state index is 13.6. The topological polar surface area (TPSA) is 55.9 Å². The third kappa shape index (κ3) is 2.58. The van der Waals surface area contributed by atoms with E-state index in [-0.39, 0.29) is 17.4 Å². The second-order valence-electron chi connectivity index (χ2n) is 4.13. The lowest BCUT2D eigenvalue weighted by molar-refractivity contribution is 0.508. The molecule has 1 atom stereocenters. The third-order valence-electron chi connectivity index (χ3n) is 2.56. The van der Waals surface area contributed by atoms with Crippen molar-refractivity contribution in [2.75, 3.05) is 11.1 Å². The highest BCUT2D eigenvalue weighted by atomic mass is 19.2. The van der Waals surface area contributed by atoms with Gasteiger partial charge in [0.2, 0.25) is 0 Å². The average molecular weight is 252 g/mol. The monoisotopic (exact) mass is 252 g/mol. The molecular weight excluding hydrogens is 238 g/mol. The van der Waals surface area contributed by atoms with Crippen LogP contribution in [-0.2, 0) is 6.54 Å². The minimum atomic E-state index is -0.951. The smallest absolute Gasteiger partial charge is 0.183 e. The molecule has 1 unspecified atom stereocenters. The fourth-order valence-corrected chi connectivity index (χ4v) is 1.72. The molecule has 0 saturated heterocycles. The van der Waals surface area contributed by atoms with Crippen LogP contribution in [-0.4, -0.2) is 15.6 Å². The largest absolute Gasteiger partial charge is 0.397 e. The van der Waals surface area contributed by atoms with Crippen molar-refractivity contribution in [2.45, 2.75) is 19.5 Å². The van der Waals surface area contributed by atoms with Crippen molar-refractivity contribution in [3.8, 4) is 0 Å². The molecule has 2 rings (SSSR count). The predicted octanol–water partition coefficient (Wildman–Crippen LogP) is 2.24. The summed E-state index contributed by atoms with van der Waals surface area (Å²) in [5.74, 6) is -1.87. The zero-order valence-corrected chi connectivity index (χ0v) is 9.90. The summed E-state index contributed by atoms with van der Waals surface area (Å²) >= 11 is 0. The van der Waals surface area contributed by atoms with Gasteiger partial charge in [0.25, 0.3) is 0 Å². The van der Waals surface area contributed by atoms with Gasteiger partial charge in [-0.1, -0.05) is 0 Å². The molecule has 1 aromatic carbocycles. The first-order valence-electron chi connectivity index (χ1n) is 5.53. The van der Waals surface area contributed by atoms with Gasteiger partial charge in [-0.25, -0.2) is 13.8 Å². The molecule has 0 bridgehead atoms. The Balaban J connectivity index is 2.11. The Hall–Kier alpha value is -2.11. The van der Waals surface area contributed by atoms with Crippen molar-refractivity contribution in [3.63, 3.8) is 0 Å². The Morgan fingerprint density at radius 3 is 2.89 bits per heavy atom. The van der Waals surface area contributed by atoms with Gasteiger partial charge in [-0.05, 0) is 19.1 Å². The van der Waals surface area contributed by atoms with Crippen LogP contribution in [0.2, 0.25) is 0 Å². The number of rotatable bonds is 4. The third-order valence-corrected chi connectivity index (χ3v) is 2.56. The van der Waals surface area contributed by atoms with Gasteiger partial charge in [-0.3, -0.25) is 0 Å². The highest BCUT2D eigenvalue weighted by Gasteiger charge is 2.14. The number of benzene rings is 1. The number of nitrogens with zero attached hydrogens (tertiary/aromatic N) is 2. The van der Waals surface area contributed by atoms with Crippen LogP contribution in [0.5, 0.6) is 0 Å². The van der Waals surface area contributed by atoms with Gasteiger partial charge >= 0.3 is 0 Å². The first-order chi connectivity index (χ1) is 8.58. The Kier molecular flexibility index (Phi) is 3.45. The zero-order chi connectivity index (χ0) is 13.1. The van der Waals surface area contributed by atoms with Gasteiger partial charge in [0.15, 0.2) is 11.6 Å². The van der Waals surface area contributed by atoms with E-state index in [2.05, 4.69) is 10.3 Å². The summed E-state index contributed by atoms with van der Waals surface area (Å²) in [6.07, 6.45) is 5.11. The zero-order valence-electron chi connectivity index (χ0n) is 9.90. The Bertz CT molecular complexity index is 525. The maximum Gasteiger partial charge on any atom is 0.183 e. The molecule has 1 aromatic heterocycles. The van der Waals surface area contributed by atoms with Crippen molar-refractivity contribution >= 4 is 11.4 Å². The number of anilines is 2. The number of nitrogens with two attached hydrogens (primary N) is 1. The molecular formula is C12H14F2N4. The van der Waals surface area contributed by atoms with Gasteiger partial charge in [0.1, 0.15) is 0 Å². The number of nitrogen functional groups attached to an aromatic ring is 1. The molecule has 0 amide bonds. The van der Waals surface area contributed by atoms with Crippen LogP contribution in [0.3, 0.4) is 0 Å². The standard InChI is InChI=1S/C12H14F2N4/c1-8(6-18-5-4-16-7-18)17-12-10(15)3-2-9(13)11(12)14/h2-5,7-8,17H,6,15H2,1H3. The summed E-state index contributed by atoms with van der Waals surface area (Å²) in [6.45, 7) is 2.43. The Morgan fingerprint density at radius 2 is 2.22 bits per heavy atom. The SMILES string of the molecule is CC(Cn1ccnc1)Nc1c(N)ccc(F)c1F. The molecule has 3 N–H and O–H groups in total. The van der Waals surface area contributed by atoms with Crippen LogP contribution in [0.25, 0.3) is 0 Å². The lowest BCUT2D eigenvalue weighted by Crippen LogP contribution is -2.22. The first-order valence-corrected chi connectivity index (χ1v) is 5.53. The highest BCUT2D eigenvalue weighted by molar-refractivity contribution is 5.67. The van der Waals surface area contributed by atoms with Crippen LogP contribution >= 0.6 is 0 Å². The quantitative estimate of drug-likeness (QED) is 0.820. The molecule has 18 heavy (non-hydrogen) atoms. The average Bonchev–Trinajstić information content (AvgIpc) is 2.82. The van der Waals surface area contributed by atoms with E-state index in [1.165, 1.54) is 6.07 Å². The number of aromatic nitrogens is 2. The highest BCUT2D eigenvalue weighted by Crippen LogP contribution is 2.25. The summed E-state index contributed by atoms with van der Waals surface area (Å²) < 4.78 is 28.5. The summed E-state index contributed by atoms with van der Waals surface area (Å²) in [7, 11) is 0. The number of hydrogen-bond donors (Lipinski definition) is 2. The summed E-state index contributed by atoms with van der Waals surface area (Å²) in [5, 5.41) is 2.87. The van der Waals surface area contributed by atoms with E-state index in [0.717, 1.165) is 6.07 Å². The van der Waals surface area contributed by atoms with Crippen molar-refractivity contribution in [1.29, 1.82) is 0 Å². The molecule has 0 fully saturated rings.